The summed E-state index contributed by atoms with van der Waals surface area (Å²) in [6.07, 6.45) is 4.09. The summed E-state index contributed by atoms with van der Waals surface area (Å²) in [7, 11) is 0. The average molecular weight is 285 g/mol. The Morgan fingerprint density at radius 3 is 2.52 bits per heavy atom. The van der Waals surface area contributed by atoms with Crippen LogP contribution in [0.1, 0.15) is 24.5 Å². The lowest BCUT2D eigenvalue weighted by Crippen LogP contribution is -2.09. The molecule has 0 heterocycles. The van der Waals surface area contributed by atoms with E-state index in [-0.39, 0.29) is 5.82 Å². The van der Waals surface area contributed by atoms with Crippen LogP contribution in [0.25, 0.3) is 0 Å². The Morgan fingerprint density at radius 1 is 1.05 bits per heavy atom. The number of benzene rings is 2. The van der Waals surface area contributed by atoms with E-state index in [2.05, 4.69) is 25.5 Å². The van der Waals surface area contributed by atoms with Crippen molar-refractivity contribution >= 4 is 0 Å². The van der Waals surface area contributed by atoms with E-state index in [0.717, 1.165) is 18.4 Å². The van der Waals surface area contributed by atoms with E-state index in [1.165, 1.54) is 11.6 Å². The first kappa shape index (κ1) is 15.7. The second kappa shape index (κ2) is 8.58. The number of ether oxygens (including phenoxy) is 1. The molecule has 0 aliphatic heterocycles. The van der Waals surface area contributed by atoms with Crippen molar-refractivity contribution in [2.24, 2.45) is 5.92 Å². The number of hydrogen-bond donors (Lipinski definition) is 0. The fourth-order valence-electron chi connectivity index (χ4n) is 2.32. The van der Waals surface area contributed by atoms with Gasteiger partial charge in [-0.25, -0.2) is 4.39 Å². The molecule has 0 aliphatic carbocycles. The third kappa shape index (κ3) is 5.68. The van der Waals surface area contributed by atoms with E-state index in [4.69, 9.17) is 4.74 Å². The second-order valence-corrected chi connectivity index (χ2v) is 5.24. The largest absolute Gasteiger partial charge is 0.376 e. The van der Waals surface area contributed by atoms with Crippen molar-refractivity contribution in [2.45, 2.75) is 26.4 Å². The molecule has 0 unspecified atom stereocenters. The zero-order chi connectivity index (χ0) is 14.9. The van der Waals surface area contributed by atoms with Gasteiger partial charge in [-0.15, -0.1) is 0 Å². The lowest BCUT2D eigenvalue weighted by Gasteiger charge is -2.14. The quantitative estimate of drug-likeness (QED) is 0.632. The summed E-state index contributed by atoms with van der Waals surface area (Å²) in [4.78, 5) is 0. The highest BCUT2D eigenvalue weighted by molar-refractivity contribution is 5.17. The topological polar surface area (TPSA) is 9.23 Å². The second-order valence-electron chi connectivity index (χ2n) is 5.24. The Balaban J connectivity index is 1.72. The maximum Gasteiger partial charge on any atom is 0.123 e. The predicted octanol–water partition coefficient (Wildman–Crippen LogP) is 4.82. The molecule has 2 rings (SSSR count). The molecule has 0 saturated heterocycles. The highest BCUT2D eigenvalue weighted by Gasteiger charge is 2.08. The Bertz CT molecular complexity index is 524. The number of halogens is 1. The molecule has 0 bridgehead atoms. The van der Waals surface area contributed by atoms with Crippen molar-refractivity contribution in [3.05, 3.63) is 78.0 Å². The molecule has 2 aromatic rings. The van der Waals surface area contributed by atoms with Gasteiger partial charge in [0, 0.05) is 0 Å². The molecule has 0 spiro atoms. The van der Waals surface area contributed by atoms with Gasteiger partial charge in [-0.05, 0) is 42.0 Å². The fourth-order valence-corrected chi connectivity index (χ4v) is 2.32. The molecule has 2 aromatic carbocycles. The Labute approximate surface area is 126 Å². The highest BCUT2D eigenvalue weighted by atomic mass is 19.1. The Kier molecular flexibility index (Phi) is 6.42. The van der Waals surface area contributed by atoms with Gasteiger partial charge in [0.25, 0.3) is 0 Å². The molecule has 21 heavy (non-hydrogen) atoms. The lowest BCUT2D eigenvalue weighted by atomic mass is 9.94. The first-order valence-corrected chi connectivity index (χ1v) is 7.47. The minimum Gasteiger partial charge on any atom is -0.376 e. The maximum atomic E-state index is 13.2. The smallest absolute Gasteiger partial charge is 0.123 e. The van der Waals surface area contributed by atoms with Gasteiger partial charge >= 0.3 is 0 Å². The van der Waals surface area contributed by atoms with Crippen molar-refractivity contribution in [1.29, 1.82) is 0 Å². The fraction of sp³-hybridized carbons (Fsp3) is 0.316. The van der Waals surface area contributed by atoms with Gasteiger partial charge in [-0.1, -0.05) is 55.8 Å². The summed E-state index contributed by atoms with van der Waals surface area (Å²) in [5.41, 5.74) is 2.23. The van der Waals surface area contributed by atoms with Gasteiger partial charge in [-0.3, -0.25) is 0 Å². The van der Waals surface area contributed by atoms with Crippen LogP contribution in [0.15, 0.2) is 54.6 Å². The van der Waals surface area contributed by atoms with Crippen molar-refractivity contribution in [3.63, 3.8) is 0 Å². The molecule has 1 nitrogen and oxygen atoms in total. The van der Waals surface area contributed by atoms with E-state index >= 15 is 0 Å². The van der Waals surface area contributed by atoms with Crippen LogP contribution < -0.4 is 0 Å². The summed E-state index contributed by atoms with van der Waals surface area (Å²) in [6.45, 7) is 3.41. The minimum absolute atomic E-state index is 0.164. The molecule has 0 aromatic heterocycles. The predicted molar refractivity (Wildman–Crippen MR) is 84.3 cm³/mol. The van der Waals surface area contributed by atoms with E-state index < -0.39 is 0 Å². The number of rotatable bonds is 8. The van der Waals surface area contributed by atoms with Crippen LogP contribution in [0, 0.1) is 18.2 Å². The van der Waals surface area contributed by atoms with Gasteiger partial charge in [0.2, 0.25) is 0 Å². The lowest BCUT2D eigenvalue weighted by molar-refractivity contribution is 0.133. The zero-order valence-corrected chi connectivity index (χ0v) is 12.5. The van der Waals surface area contributed by atoms with Crippen LogP contribution in [0.4, 0.5) is 4.39 Å². The third-order valence-corrected chi connectivity index (χ3v) is 3.57. The summed E-state index contributed by atoms with van der Waals surface area (Å²) in [6, 6.07) is 17.0. The summed E-state index contributed by atoms with van der Waals surface area (Å²) in [5.74, 6) is 0.255. The van der Waals surface area contributed by atoms with Crippen LogP contribution >= 0.6 is 0 Å². The highest BCUT2D eigenvalue weighted by Crippen LogP contribution is 2.16. The van der Waals surface area contributed by atoms with Crippen molar-refractivity contribution < 1.29 is 9.13 Å². The molecule has 0 saturated carbocycles. The van der Waals surface area contributed by atoms with Gasteiger partial charge in [0.15, 0.2) is 0 Å². The molecule has 0 amide bonds. The Morgan fingerprint density at radius 2 is 1.81 bits per heavy atom. The first-order valence-electron chi connectivity index (χ1n) is 7.47. The van der Waals surface area contributed by atoms with E-state index in [1.807, 2.05) is 24.3 Å². The molecule has 0 N–H and O–H groups in total. The zero-order valence-electron chi connectivity index (χ0n) is 12.5. The molecule has 0 fully saturated rings. The van der Waals surface area contributed by atoms with Gasteiger partial charge in [0.1, 0.15) is 5.82 Å². The van der Waals surface area contributed by atoms with Crippen molar-refractivity contribution in [1.82, 2.24) is 0 Å². The third-order valence-electron chi connectivity index (χ3n) is 3.57. The Hall–Kier alpha value is -1.67. The summed E-state index contributed by atoms with van der Waals surface area (Å²) >= 11 is 0. The van der Waals surface area contributed by atoms with Crippen molar-refractivity contribution in [3.8, 4) is 0 Å². The van der Waals surface area contributed by atoms with Crippen LogP contribution in [0.5, 0.6) is 0 Å². The first-order chi connectivity index (χ1) is 10.3. The van der Waals surface area contributed by atoms with E-state index in [9.17, 15) is 4.39 Å². The van der Waals surface area contributed by atoms with Crippen molar-refractivity contribution in [2.75, 3.05) is 6.61 Å². The van der Waals surface area contributed by atoms with Gasteiger partial charge < -0.3 is 4.74 Å². The molecular weight excluding hydrogens is 263 g/mol. The number of hydrogen-bond acceptors (Lipinski definition) is 1. The minimum atomic E-state index is -0.164. The van der Waals surface area contributed by atoms with Gasteiger partial charge in [0.05, 0.1) is 13.2 Å². The van der Waals surface area contributed by atoms with E-state index in [0.29, 0.717) is 19.1 Å². The molecular formula is C19H22FO. The summed E-state index contributed by atoms with van der Waals surface area (Å²) in [5, 5.41) is 0. The standard InChI is InChI=1S/C19H22FO/c1-2-16(13-18-9-6-10-19(20)14-18)11-12-21-15-17-7-4-3-5-8-17/h3-11,14,16H,2,12-13,15H2,1H3/t16-/m0/s1. The summed E-state index contributed by atoms with van der Waals surface area (Å²) < 4.78 is 18.9. The molecule has 111 valence electrons. The van der Waals surface area contributed by atoms with Crippen LogP contribution in [-0.4, -0.2) is 6.61 Å². The van der Waals surface area contributed by atoms with Crippen LogP contribution in [0.3, 0.4) is 0 Å². The van der Waals surface area contributed by atoms with E-state index in [1.54, 1.807) is 12.1 Å². The van der Waals surface area contributed by atoms with Crippen LogP contribution in [0.2, 0.25) is 0 Å². The molecule has 1 radical (unpaired) electrons. The molecule has 0 aliphatic rings. The molecule has 2 heteroatoms. The monoisotopic (exact) mass is 285 g/mol. The average Bonchev–Trinajstić information content (AvgIpc) is 2.51. The van der Waals surface area contributed by atoms with Crippen LogP contribution in [-0.2, 0) is 17.8 Å². The SMILES string of the molecule is CC[C@@H]([CH]COCc1ccccc1)Cc1cccc(F)c1. The van der Waals surface area contributed by atoms with Gasteiger partial charge in [-0.2, -0.15) is 0 Å². The maximum absolute atomic E-state index is 13.2. The normalized spacial score (nSPS) is 12.3. The molecule has 1 atom stereocenters.